The zero-order valence-electron chi connectivity index (χ0n) is 11.1. The van der Waals surface area contributed by atoms with Crippen molar-refractivity contribution in [1.29, 1.82) is 0 Å². The van der Waals surface area contributed by atoms with Crippen LogP contribution in [0.25, 0.3) is 0 Å². The second-order valence-electron chi connectivity index (χ2n) is 4.30. The number of ether oxygens (including phenoxy) is 1. The third kappa shape index (κ3) is 6.13. The number of nitrogens with zero attached hydrogens (tertiary/aromatic N) is 1. The Bertz CT molecular complexity index is 427. The summed E-state index contributed by atoms with van der Waals surface area (Å²) in [5, 5.41) is 2.67. The maximum absolute atomic E-state index is 13.2. The molecule has 1 aromatic carbocycles. The van der Waals surface area contributed by atoms with E-state index in [1.807, 2.05) is 19.0 Å². The summed E-state index contributed by atoms with van der Waals surface area (Å²) in [5.41, 5.74) is 0.300. The monoisotopic (exact) mass is 332 g/mol. The average molecular weight is 333 g/mol. The summed E-state index contributed by atoms with van der Waals surface area (Å²) in [6, 6.07) is 4.28. The summed E-state index contributed by atoms with van der Waals surface area (Å²) >= 11 is 3.04. The van der Waals surface area contributed by atoms with Crippen LogP contribution < -0.4 is 5.32 Å². The van der Waals surface area contributed by atoms with Gasteiger partial charge in [0.25, 0.3) is 5.91 Å². The topological polar surface area (TPSA) is 41.6 Å². The Kier molecular flexibility index (Phi) is 6.97. The lowest BCUT2D eigenvalue weighted by molar-refractivity contribution is 0.0900. The molecule has 0 aliphatic carbocycles. The van der Waals surface area contributed by atoms with Crippen molar-refractivity contribution in [3.8, 4) is 0 Å². The van der Waals surface area contributed by atoms with E-state index in [9.17, 15) is 9.18 Å². The van der Waals surface area contributed by atoms with E-state index in [1.165, 1.54) is 12.1 Å². The minimum Gasteiger partial charge on any atom is -0.378 e. The standard InChI is InChI=1S/C13H18BrFN2O2/c1-17(2)6-8-19-7-5-16-13(18)10-3-4-11(14)12(15)9-10/h3-4,9H,5-8H2,1-2H3,(H,16,18). The largest absolute Gasteiger partial charge is 0.378 e. The van der Waals surface area contributed by atoms with Crippen LogP contribution in [0.4, 0.5) is 4.39 Å². The van der Waals surface area contributed by atoms with Gasteiger partial charge < -0.3 is 15.0 Å². The first kappa shape index (κ1) is 16.1. The molecule has 0 aliphatic heterocycles. The van der Waals surface area contributed by atoms with Gasteiger partial charge in [-0.05, 0) is 48.2 Å². The molecule has 1 N–H and O–H groups in total. The molecule has 0 radical (unpaired) electrons. The highest BCUT2D eigenvalue weighted by Gasteiger charge is 2.07. The van der Waals surface area contributed by atoms with Crippen LogP contribution in [0.15, 0.2) is 22.7 Å². The van der Waals surface area contributed by atoms with Crippen LogP contribution in [-0.2, 0) is 4.74 Å². The number of halogens is 2. The molecule has 1 amide bonds. The van der Waals surface area contributed by atoms with E-state index < -0.39 is 5.82 Å². The summed E-state index contributed by atoms with van der Waals surface area (Å²) in [5.74, 6) is -0.752. The van der Waals surface area contributed by atoms with Gasteiger partial charge in [0.15, 0.2) is 0 Å². The summed E-state index contributed by atoms with van der Waals surface area (Å²) in [6.45, 7) is 2.31. The molecule has 1 aromatic rings. The molecule has 0 spiro atoms. The van der Waals surface area contributed by atoms with Crippen molar-refractivity contribution >= 4 is 21.8 Å². The van der Waals surface area contributed by atoms with Crippen molar-refractivity contribution < 1.29 is 13.9 Å². The van der Waals surface area contributed by atoms with Gasteiger partial charge in [0.05, 0.1) is 17.7 Å². The molecule has 1 rings (SSSR count). The fourth-order valence-electron chi connectivity index (χ4n) is 1.33. The van der Waals surface area contributed by atoms with Crippen molar-refractivity contribution in [2.24, 2.45) is 0 Å². The summed E-state index contributed by atoms with van der Waals surface area (Å²) in [6.07, 6.45) is 0. The Balaban J connectivity index is 2.26. The predicted octanol–water partition coefficient (Wildman–Crippen LogP) is 1.90. The van der Waals surface area contributed by atoms with E-state index in [4.69, 9.17) is 4.74 Å². The SMILES string of the molecule is CN(C)CCOCCNC(=O)c1ccc(Br)c(F)c1. The second-order valence-corrected chi connectivity index (χ2v) is 5.15. The number of likely N-dealkylation sites (N-methyl/N-ethyl adjacent to an activating group) is 1. The van der Waals surface area contributed by atoms with Gasteiger partial charge in [0.1, 0.15) is 5.82 Å². The van der Waals surface area contributed by atoms with Gasteiger partial charge in [0.2, 0.25) is 0 Å². The highest BCUT2D eigenvalue weighted by molar-refractivity contribution is 9.10. The van der Waals surface area contributed by atoms with Crippen molar-refractivity contribution in [3.63, 3.8) is 0 Å². The quantitative estimate of drug-likeness (QED) is 0.775. The van der Waals surface area contributed by atoms with Gasteiger partial charge in [-0.2, -0.15) is 0 Å². The third-order valence-corrected chi connectivity index (χ3v) is 3.04. The van der Waals surface area contributed by atoms with Crippen molar-refractivity contribution in [1.82, 2.24) is 10.2 Å². The number of benzene rings is 1. The lowest BCUT2D eigenvalue weighted by Gasteiger charge is -2.10. The van der Waals surface area contributed by atoms with Crippen LogP contribution in [-0.4, -0.2) is 51.2 Å². The molecule has 0 heterocycles. The van der Waals surface area contributed by atoms with E-state index in [0.29, 0.717) is 29.8 Å². The molecule has 0 saturated carbocycles. The van der Waals surface area contributed by atoms with E-state index in [1.54, 1.807) is 6.07 Å². The maximum atomic E-state index is 13.2. The molecule has 6 heteroatoms. The zero-order valence-corrected chi connectivity index (χ0v) is 12.7. The first-order chi connectivity index (χ1) is 9.00. The summed E-state index contributed by atoms with van der Waals surface area (Å²) in [4.78, 5) is 13.7. The van der Waals surface area contributed by atoms with Crippen LogP contribution >= 0.6 is 15.9 Å². The van der Waals surface area contributed by atoms with Gasteiger partial charge in [-0.25, -0.2) is 4.39 Å². The molecular weight excluding hydrogens is 315 g/mol. The van der Waals surface area contributed by atoms with Crippen LogP contribution in [0.5, 0.6) is 0 Å². The minimum atomic E-state index is -0.449. The fraction of sp³-hybridized carbons (Fsp3) is 0.462. The molecule has 0 saturated heterocycles. The highest BCUT2D eigenvalue weighted by atomic mass is 79.9. The van der Waals surface area contributed by atoms with Crippen LogP contribution in [0.3, 0.4) is 0 Å². The van der Waals surface area contributed by atoms with Crippen molar-refractivity contribution in [3.05, 3.63) is 34.1 Å². The molecule has 0 bridgehead atoms. The molecule has 4 nitrogen and oxygen atoms in total. The normalized spacial score (nSPS) is 10.8. The number of carbonyl (C=O) groups excluding carboxylic acids is 1. The van der Waals surface area contributed by atoms with Gasteiger partial charge in [-0.3, -0.25) is 4.79 Å². The molecule has 19 heavy (non-hydrogen) atoms. The lowest BCUT2D eigenvalue weighted by atomic mass is 10.2. The second kappa shape index (κ2) is 8.24. The average Bonchev–Trinajstić information content (AvgIpc) is 2.36. The molecule has 0 aromatic heterocycles. The van der Waals surface area contributed by atoms with Crippen LogP contribution in [0.1, 0.15) is 10.4 Å². The van der Waals surface area contributed by atoms with Crippen molar-refractivity contribution in [2.45, 2.75) is 0 Å². The molecule has 0 aliphatic rings. The van der Waals surface area contributed by atoms with Crippen LogP contribution in [0, 0.1) is 5.82 Å². The molecule has 0 atom stereocenters. The minimum absolute atomic E-state index is 0.300. The number of nitrogens with one attached hydrogen (secondary N) is 1. The molecule has 106 valence electrons. The first-order valence-electron chi connectivity index (χ1n) is 5.96. The Morgan fingerprint density at radius 1 is 1.42 bits per heavy atom. The van der Waals surface area contributed by atoms with E-state index >= 15 is 0 Å². The lowest BCUT2D eigenvalue weighted by Crippen LogP contribution is -2.28. The first-order valence-corrected chi connectivity index (χ1v) is 6.75. The third-order valence-electron chi connectivity index (χ3n) is 2.40. The maximum Gasteiger partial charge on any atom is 0.251 e. The van der Waals surface area contributed by atoms with E-state index in [0.717, 1.165) is 6.54 Å². The predicted molar refractivity (Wildman–Crippen MR) is 75.8 cm³/mol. The summed E-state index contributed by atoms with van der Waals surface area (Å²) in [7, 11) is 3.93. The van der Waals surface area contributed by atoms with E-state index in [2.05, 4.69) is 21.2 Å². The van der Waals surface area contributed by atoms with Gasteiger partial charge in [-0.1, -0.05) is 0 Å². The zero-order chi connectivity index (χ0) is 14.3. The Morgan fingerprint density at radius 3 is 2.79 bits per heavy atom. The smallest absolute Gasteiger partial charge is 0.251 e. The number of hydrogen-bond donors (Lipinski definition) is 1. The Morgan fingerprint density at radius 2 is 2.16 bits per heavy atom. The Hall–Kier alpha value is -0.980. The number of amides is 1. The number of carbonyl (C=O) groups is 1. The molecule has 0 fully saturated rings. The van der Waals surface area contributed by atoms with Gasteiger partial charge in [-0.15, -0.1) is 0 Å². The number of rotatable bonds is 7. The van der Waals surface area contributed by atoms with Crippen LogP contribution in [0.2, 0.25) is 0 Å². The Labute approximate surface area is 121 Å². The summed E-state index contributed by atoms with van der Waals surface area (Å²) < 4.78 is 18.9. The molecule has 0 unspecified atom stereocenters. The number of hydrogen-bond acceptors (Lipinski definition) is 3. The van der Waals surface area contributed by atoms with Crippen molar-refractivity contribution in [2.75, 3.05) is 40.4 Å². The van der Waals surface area contributed by atoms with Gasteiger partial charge >= 0.3 is 0 Å². The van der Waals surface area contributed by atoms with E-state index in [-0.39, 0.29) is 5.91 Å². The highest BCUT2D eigenvalue weighted by Crippen LogP contribution is 2.16. The molecular formula is C13H18BrFN2O2. The van der Waals surface area contributed by atoms with Gasteiger partial charge in [0, 0.05) is 18.7 Å². The fourth-order valence-corrected chi connectivity index (χ4v) is 1.57.